The van der Waals surface area contributed by atoms with Gasteiger partial charge in [0.2, 0.25) is 0 Å². The van der Waals surface area contributed by atoms with Crippen molar-refractivity contribution >= 4 is 40.5 Å². The lowest BCUT2D eigenvalue weighted by molar-refractivity contribution is 0.371. The highest BCUT2D eigenvalue weighted by atomic mass is 35.5. The second-order valence-electron chi connectivity index (χ2n) is 4.07. The molecule has 20 heavy (non-hydrogen) atoms. The first kappa shape index (κ1) is 15.1. The number of aromatic hydroxyl groups is 1. The van der Waals surface area contributed by atoms with Crippen LogP contribution in [0.1, 0.15) is 5.56 Å². The summed E-state index contributed by atoms with van der Waals surface area (Å²) < 4.78 is 5.05. The maximum absolute atomic E-state index is 10.0. The monoisotopic (exact) mass is 331 g/mol. The Bertz CT molecular complexity index is 632. The van der Waals surface area contributed by atoms with Crippen LogP contribution >= 0.6 is 34.8 Å². The summed E-state index contributed by atoms with van der Waals surface area (Å²) in [4.78, 5) is 0. The number of hydrogen-bond donors (Lipinski definition) is 2. The van der Waals surface area contributed by atoms with Crippen LogP contribution in [0.25, 0.3) is 0 Å². The molecule has 2 rings (SSSR count). The van der Waals surface area contributed by atoms with Crippen molar-refractivity contribution in [1.29, 1.82) is 0 Å². The van der Waals surface area contributed by atoms with Crippen LogP contribution in [0.4, 0.5) is 5.69 Å². The topological polar surface area (TPSA) is 41.5 Å². The van der Waals surface area contributed by atoms with E-state index in [1.165, 1.54) is 7.11 Å². The molecule has 106 valence electrons. The molecule has 0 unspecified atom stereocenters. The van der Waals surface area contributed by atoms with E-state index >= 15 is 0 Å². The Balaban J connectivity index is 2.23. The SMILES string of the molecule is COc1cc(Cl)cc(CNc2cccc(Cl)c2Cl)c1O. The molecule has 0 aliphatic rings. The van der Waals surface area contributed by atoms with Crippen molar-refractivity contribution in [3.8, 4) is 11.5 Å². The Kier molecular flexibility index (Phi) is 4.86. The summed E-state index contributed by atoms with van der Waals surface area (Å²) >= 11 is 18.0. The van der Waals surface area contributed by atoms with Crippen LogP contribution < -0.4 is 10.1 Å². The van der Waals surface area contributed by atoms with Crippen molar-refractivity contribution in [2.45, 2.75) is 6.54 Å². The molecule has 3 nitrogen and oxygen atoms in total. The second-order valence-corrected chi connectivity index (χ2v) is 5.29. The zero-order chi connectivity index (χ0) is 14.7. The summed E-state index contributed by atoms with van der Waals surface area (Å²) in [5.74, 6) is 0.369. The van der Waals surface area contributed by atoms with E-state index in [1.54, 1.807) is 30.3 Å². The third-order valence-corrected chi connectivity index (χ3v) is 3.80. The molecule has 0 aromatic heterocycles. The average molecular weight is 333 g/mol. The van der Waals surface area contributed by atoms with E-state index in [0.717, 1.165) is 0 Å². The van der Waals surface area contributed by atoms with Crippen LogP contribution in [0.5, 0.6) is 11.5 Å². The zero-order valence-electron chi connectivity index (χ0n) is 10.6. The molecule has 2 aromatic rings. The summed E-state index contributed by atoms with van der Waals surface area (Å²) in [7, 11) is 1.47. The van der Waals surface area contributed by atoms with Crippen molar-refractivity contribution in [3.05, 3.63) is 51.0 Å². The fraction of sp³-hybridized carbons (Fsp3) is 0.143. The summed E-state index contributed by atoms with van der Waals surface area (Å²) in [5, 5.41) is 14.5. The Hall–Kier alpha value is -1.29. The number of phenols is 1. The first-order valence-corrected chi connectivity index (χ1v) is 6.89. The van der Waals surface area contributed by atoms with Crippen molar-refractivity contribution in [1.82, 2.24) is 0 Å². The Labute approximate surface area is 132 Å². The van der Waals surface area contributed by atoms with Crippen molar-refractivity contribution < 1.29 is 9.84 Å². The van der Waals surface area contributed by atoms with Gasteiger partial charge < -0.3 is 15.2 Å². The number of rotatable bonds is 4. The van der Waals surface area contributed by atoms with Crippen LogP contribution in [0, 0.1) is 0 Å². The van der Waals surface area contributed by atoms with E-state index in [1.807, 2.05) is 0 Å². The maximum Gasteiger partial charge on any atom is 0.162 e. The van der Waals surface area contributed by atoms with E-state index < -0.39 is 0 Å². The Morgan fingerprint density at radius 1 is 1.20 bits per heavy atom. The predicted octanol–water partition coefficient (Wildman–Crippen LogP) is 4.97. The normalized spacial score (nSPS) is 10.4. The van der Waals surface area contributed by atoms with E-state index in [9.17, 15) is 5.11 Å². The van der Waals surface area contributed by atoms with Crippen molar-refractivity contribution in [2.75, 3.05) is 12.4 Å². The lowest BCUT2D eigenvalue weighted by atomic mass is 10.1. The average Bonchev–Trinajstić information content (AvgIpc) is 2.43. The smallest absolute Gasteiger partial charge is 0.162 e. The first-order chi connectivity index (χ1) is 9.52. The number of halogens is 3. The largest absolute Gasteiger partial charge is 0.504 e. The molecule has 0 heterocycles. The molecular formula is C14H12Cl3NO2. The van der Waals surface area contributed by atoms with Gasteiger partial charge in [0.05, 0.1) is 22.8 Å². The van der Waals surface area contributed by atoms with Gasteiger partial charge in [-0.15, -0.1) is 0 Å². The molecule has 0 fully saturated rings. The molecule has 2 aromatic carbocycles. The van der Waals surface area contributed by atoms with Gasteiger partial charge in [-0.05, 0) is 18.2 Å². The van der Waals surface area contributed by atoms with Crippen LogP contribution in [0.3, 0.4) is 0 Å². The van der Waals surface area contributed by atoms with Gasteiger partial charge in [0.15, 0.2) is 11.5 Å². The minimum absolute atomic E-state index is 0.0440. The van der Waals surface area contributed by atoms with Crippen LogP contribution in [0.15, 0.2) is 30.3 Å². The summed E-state index contributed by atoms with van der Waals surface area (Å²) in [6.07, 6.45) is 0. The fourth-order valence-corrected chi connectivity index (χ4v) is 2.35. The Morgan fingerprint density at radius 2 is 1.95 bits per heavy atom. The number of ether oxygens (including phenoxy) is 1. The van der Waals surface area contributed by atoms with Gasteiger partial charge >= 0.3 is 0 Å². The number of hydrogen-bond acceptors (Lipinski definition) is 3. The number of methoxy groups -OCH3 is 1. The molecule has 0 spiro atoms. The number of phenolic OH excluding ortho intramolecular Hbond substituents is 1. The first-order valence-electron chi connectivity index (χ1n) is 5.76. The summed E-state index contributed by atoms with van der Waals surface area (Å²) in [6, 6.07) is 8.49. The van der Waals surface area contributed by atoms with Gasteiger partial charge in [-0.1, -0.05) is 40.9 Å². The number of nitrogens with one attached hydrogen (secondary N) is 1. The predicted molar refractivity (Wildman–Crippen MR) is 83.5 cm³/mol. The van der Waals surface area contributed by atoms with Gasteiger partial charge in [0.25, 0.3) is 0 Å². The minimum Gasteiger partial charge on any atom is -0.504 e. The number of benzene rings is 2. The molecule has 0 amide bonds. The molecule has 0 radical (unpaired) electrons. The third-order valence-electron chi connectivity index (χ3n) is 2.76. The minimum atomic E-state index is 0.0440. The Morgan fingerprint density at radius 3 is 2.65 bits per heavy atom. The van der Waals surface area contributed by atoms with E-state index in [2.05, 4.69) is 5.32 Å². The molecule has 0 bridgehead atoms. The molecule has 2 N–H and O–H groups in total. The fourth-order valence-electron chi connectivity index (χ4n) is 1.75. The standard InChI is InChI=1S/C14H12Cl3NO2/c1-20-12-6-9(15)5-8(14(12)19)7-18-11-4-2-3-10(16)13(11)17/h2-6,18-19H,7H2,1H3. The summed E-state index contributed by atoms with van der Waals surface area (Å²) in [6.45, 7) is 0.336. The van der Waals surface area contributed by atoms with E-state index in [0.29, 0.717) is 38.6 Å². The lowest BCUT2D eigenvalue weighted by Gasteiger charge is -2.13. The molecule has 0 saturated carbocycles. The third kappa shape index (κ3) is 3.23. The molecule has 0 aliphatic carbocycles. The highest BCUT2D eigenvalue weighted by Crippen LogP contribution is 2.35. The van der Waals surface area contributed by atoms with E-state index in [-0.39, 0.29) is 5.75 Å². The molecule has 0 saturated heterocycles. The second kappa shape index (κ2) is 6.44. The van der Waals surface area contributed by atoms with Gasteiger partial charge in [-0.2, -0.15) is 0 Å². The molecule has 6 heteroatoms. The highest BCUT2D eigenvalue weighted by Gasteiger charge is 2.11. The quantitative estimate of drug-likeness (QED) is 0.830. The van der Waals surface area contributed by atoms with Gasteiger partial charge in [0, 0.05) is 23.2 Å². The van der Waals surface area contributed by atoms with Crippen LogP contribution in [0.2, 0.25) is 15.1 Å². The number of anilines is 1. The molecule has 0 atom stereocenters. The van der Waals surface area contributed by atoms with Gasteiger partial charge in [-0.25, -0.2) is 0 Å². The highest BCUT2D eigenvalue weighted by molar-refractivity contribution is 6.43. The molecular weight excluding hydrogens is 321 g/mol. The van der Waals surface area contributed by atoms with E-state index in [4.69, 9.17) is 39.5 Å². The van der Waals surface area contributed by atoms with Crippen molar-refractivity contribution in [2.24, 2.45) is 0 Å². The van der Waals surface area contributed by atoms with Gasteiger partial charge in [0.1, 0.15) is 0 Å². The maximum atomic E-state index is 10.0. The van der Waals surface area contributed by atoms with Gasteiger partial charge in [-0.3, -0.25) is 0 Å². The van der Waals surface area contributed by atoms with Crippen molar-refractivity contribution in [3.63, 3.8) is 0 Å². The zero-order valence-corrected chi connectivity index (χ0v) is 12.9. The lowest BCUT2D eigenvalue weighted by Crippen LogP contribution is -2.01. The van der Waals surface area contributed by atoms with Crippen LogP contribution in [-0.4, -0.2) is 12.2 Å². The molecule has 0 aliphatic heterocycles. The summed E-state index contributed by atoms with van der Waals surface area (Å²) in [5.41, 5.74) is 1.28. The van der Waals surface area contributed by atoms with Crippen LogP contribution in [-0.2, 0) is 6.54 Å².